The Morgan fingerprint density at radius 2 is 1.77 bits per heavy atom. The topological polar surface area (TPSA) is 45.4 Å². The van der Waals surface area contributed by atoms with E-state index >= 15 is 0 Å². The van der Waals surface area contributed by atoms with Crippen LogP contribution in [0.3, 0.4) is 0 Å². The zero-order valence-electron chi connectivity index (χ0n) is 12.3. The van der Waals surface area contributed by atoms with Crippen molar-refractivity contribution in [1.82, 2.24) is 4.57 Å². The molecule has 1 heterocycles. The Hall–Kier alpha value is -2.17. The van der Waals surface area contributed by atoms with Gasteiger partial charge in [-0.25, -0.2) is 4.39 Å². The average molecular weight is 299 g/mol. The van der Waals surface area contributed by atoms with Gasteiger partial charge in [0.2, 0.25) is 0 Å². The highest BCUT2D eigenvalue weighted by Crippen LogP contribution is 2.31. The summed E-state index contributed by atoms with van der Waals surface area (Å²) in [5.74, 6) is -0.393. The molecule has 0 aliphatic carbocycles. The predicted octanol–water partition coefficient (Wildman–Crippen LogP) is 3.03. The molecule has 3 rings (SSSR count). The van der Waals surface area contributed by atoms with Crippen molar-refractivity contribution in [3.63, 3.8) is 0 Å². The number of aryl methyl sites for hydroxylation is 1. The van der Waals surface area contributed by atoms with Gasteiger partial charge in [-0.2, -0.15) is 0 Å². The fourth-order valence-electron chi connectivity index (χ4n) is 2.97. The largest absolute Gasteiger partial charge is 0.394 e. The second-order valence-corrected chi connectivity index (χ2v) is 5.45. The van der Waals surface area contributed by atoms with E-state index in [4.69, 9.17) is 0 Å². The van der Waals surface area contributed by atoms with Crippen LogP contribution in [-0.4, -0.2) is 27.5 Å². The molecule has 0 saturated heterocycles. The fourth-order valence-corrected chi connectivity index (χ4v) is 2.97. The van der Waals surface area contributed by atoms with Crippen LogP contribution in [-0.2, 0) is 0 Å². The fraction of sp³-hybridized carbons (Fsp3) is 0.222. The van der Waals surface area contributed by atoms with E-state index in [1.54, 1.807) is 18.2 Å². The summed E-state index contributed by atoms with van der Waals surface area (Å²) in [6, 6.07) is 13.4. The SMILES string of the molecule is Cc1cn([C@@H](c2ccccc2F)[C@H](O)CO)c2ccccc12. The lowest BCUT2D eigenvalue weighted by atomic mass is 10.0. The minimum absolute atomic E-state index is 0.366. The van der Waals surface area contributed by atoms with Crippen molar-refractivity contribution in [1.29, 1.82) is 0 Å². The predicted molar refractivity (Wildman–Crippen MR) is 84.3 cm³/mol. The molecule has 0 spiro atoms. The normalized spacial score (nSPS) is 14.2. The molecular weight excluding hydrogens is 281 g/mol. The molecule has 0 aliphatic rings. The molecule has 4 heteroatoms. The van der Waals surface area contributed by atoms with Crippen molar-refractivity contribution < 1.29 is 14.6 Å². The van der Waals surface area contributed by atoms with E-state index < -0.39 is 24.6 Å². The van der Waals surface area contributed by atoms with Crippen LogP contribution in [0.4, 0.5) is 4.39 Å². The third-order valence-electron chi connectivity index (χ3n) is 4.01. The van der Waals surface area contributed by atoms with Crippen LogP contribution in [0.25, 0.3) is 10.9 Å². The van der Waals surface area contributed by atoms with Crippen LogP contribution in [0.5, 0.6) is 0 Å². The first kappa shape index (κ1) is 14.8. The third-order valence-corrected chi connectivity index (χ3v) is 4.01. The van der Waals surface area contributed by atoms with Crippen molar-refractivity contribution in [2.45, 2.75) is 19.1 Å². The zero-order chi connectivity index (χ0) is 15.7. The second kappa shape index (κ2) is 5.91. The van der Waals surface area contributed by atoms with Crippen molar-refractivity contribution >= 4 is 10.9 Å². The molecule has 114 valence electrons. The van der Waals surface area contributed by atoms with Gasteiger partial charge in [0.25, 0.3) is 0 Å². The Bertz CT molecular complexity index is 797. The number of nitrogens with zero attached hydrogens (tertiary/aromatic N) is 1. The summed E-state index contributed by atoms with van der Waals surface area (Å²) in [6.45, 7) is 1.53. The van der Waals surface area contributed by atoms with Gasteiger partial charge in [0.15, 0.2) is 0 Å². The summed E-state index contributed by atoms with van der Waals surface area (Å²) < 4.78 is 16.1. The third kappa shape index (κ3) is 2.40. The average Bonchev–Trinajstić information content (AvgIpc) is 2.87. The van der Waals surface area contributed by atoms with Crippen LogP contribution < -0.4 is 0 Å². The monoisotopic (exact) mass is 299 g/mol. The van der Waals surface area contributed by atoms with Gasteiger partial charge in [-0.1, -0.05) is 36.4 Å². The number of hydrogen-bond donors (Lipinski definition) is 2. The van der Waals surface area contributed by atoms with E-state index in [-0.39, 0.29) is 0 Å². The molecule has 3 aromatic rings. The lowest BCUT2D eigenvalue weighted by molar-refractivity contribution is 0.0643. The molecule has 0 unspecified atom stereocenters. The lowest BCUT2D eigenvalue weighted by Gasteiger charge is -2.25. The number of rotatable bonds is 4. The Morgan fingerprint density at radius 1 is 1.09 bits per heavy atom. The molecule has 0 saturated carbocycles. The number of halogens is 1. The van der Waals surface area contributed by atoms with Gasteiger partial charge in [-0.05, 0) is 24.6 Å². The van der Waals surface area contributed by atoms with Gasteiger partial charge >= 0.3 is 0 Å². The van der Waals surface area contributed by atoms with Crippen LogP contribution in [0.1, 0.15) is 17.2 Å². The molecule has 2 aromatic carbocycles. The molecule has 2 N–H and O–H groups in total. The van der Waals surface area contributed by atoms with Gasteiger partial charge in [0.1, 0.15) is 11.9 Å². The molecule has 3 nitrogen and oxygen atoms in total. The maximum atomic E-state index is 14.2. The minimum atomic E-state index is -1.09. The molecule has 0 bridgehead atoms. The Balaban J connectivity index is 2.24. The quantitative estimate of drug-likeness (QED) is 0.778. The summed E-state index contributed by atoms with van der Waals surface area (Å²) in [5.41, 5.74) is 2.31. The Morgan fingerprint density at radius 3 is 2.50 bits per heavy atom. The number of aliphatic hydroxyl groups is 2. The summed E-state index contributed by atoms with van der Waals surface area (Å²) in [7, 11) is 0. The second-order valence-electron chi connectivity index (χ2n) is 5.45. The van der Waals surface area contributed by atoms with Crippen LogP contribution in [0.15, 0.2) is 54.7 Å². The smallest absolute Gasteiger partial charge is 0.128 e. The first-order valence-electron chi connectivity index (χ1n) is 7.23. The summed E-state index contributed by atoms with van der Waals surface area (Å²) in [4.78, 5) is 0. The van der Waals surface area contributed by atoms with E-state index in [2.05, 4.69) is 0 Å². The molecule has 0 amide bonds. The van der Waals surface area contributed by atoms with E-state index in [1.165, 1.54) is 6.07 Å². The van der Waals surface area contributed by atoms with Crippen molar-refractivity contribution in [2.75, 3.05) is 6.61 Å². The van der Waals surface area contributed by atoms with Crippen LogP contribution in [0.2, 0.25) is 0 Å². The van der Waals surface area contributed by atoms with E-state index in [9.17, 15) is 14.6 Å². The number of aromatic nitrogens is 1. The highest BCUT2D eigenvalue weighted by atomic mass is 19.1. The van der Waals surface area contributed by atoms with Gasteiger partial charge in [-0.15, -0.1) is 0 Å². The number of hydrogen-bond acceptors (Lipinski definition) is 2. The Labute approximate surface area is 128 Å². The highest BCUT2D eigenvalue weighted by Gasteiger charge is 2.26. The number of para-hydroxylation sites is 1. The zero-order valence-corrected chi connectivity index (χ0v) is 12.3. The molecule has 2 atom stereocenters. The van der Waals surface area contributed by atoms with Crippen LogP contribution >= 0.6 is 0 Å². The van der Waals surface area contributed by atoms with Crippen molar-refractivity contribution in [2.24, 2.45) is 0 Å². The molecular formula is C18H18FNO2. The molecule has 0 aliphatic heterocycles. The summed E-state index contributed by atoms with van der Waals surface area (Å²) in [6.07, 6.45) is 0.799. The highest BCUT2D eigenvalue weighted by molar-refractivity contribution is 5.84. The molecule has 1 aromatic heterocycles. The molecule has 0 radical (unpaired) electrons. The van der Waals surface area contributed by atoms with Crippen LogP contribution in [0, 0.1) is 12.7 Å². The first-order chi connectivity index (χ1) is 10.6. The molecule has 0 fully saturated rings. The minimum Gasteiger partial charge on any atom is -0.394 e. The number of fused-ring (bicyclic) bond motifs is 1. The van der Waals surface area contributed by atoms with E-state index in [0.29, 0.717) is 5.56 Å². The van der Waals surface area contributed by atoms with Gasteiger partial charge in [0.05, 0.1) is 12.6 Å². The van der Waals surface area contributed by atoms with Gasteiger partial charge in [-0.3, -0.25) is 0 Å². The maximum absolute atomic E-state index is 14.2. The Kier molecular flexibility index (Phi) is 3.96. The summed E-state index contributed by atoms with van der Waals surface area (Å²) >= 11 is 0. The molecule has 22 heavy (non-hydrogen) atoms. The van der Waals surface area contributed by atoms with Crippen molar-refractivity contribution in [3.05, 3.63) is 71.7 Å². The standard InChI is InChI=1S/C18H18FNO2/c1-12-10-20(16-9-5-3-6-13(12)16)18(17(22)11-21)14-7-2-4-8-15(14)19/h2-10,17-18,21-22H,11H2,1H3/t17-,18+/m1/s1. The first-order valence-corrected chi connectivity index (χ1v) is 7.23. The lowest BCUT2D eigenvalue weighted by Crippen LogP contribution is -2.28. The number of benzene rings is 2. The van der Waals surface area contributed by atoms with Gasteiger partial charge < -0.3 is 14.8 Å². The van der Waals surface area contributed by atoms with E-state index in [1.807, 2.05) is 42.0 Å². The number of aliphatic hydroxyl groups excluding tert-OH is 2. The summed E-state index contributed by atoms with van der Waals surface area (Å²) in [5, 5.41) is 20.7. The van der Waals surface area contributed by atoms with Gasteiger partial charge in [0, 0.05) is 22.7 Å². The maximum Gasteiger partial charge on any atom is 0.128 e. The van der Waals surface area contributed by atoms with E-state index in [0.717, 1.165) is 16.5 Å². The van der Waals surface area contributed by atoms with Crippen molar-refractivity contribution in [3.8, 4) is 0 Å².